The SMILES string of the molecule is Cc1cc(N=Cc2c(O)[nH]c3cc(F)ccc23)ccc1N1CCN(C=O)CC1. The molecule has 0 aliphatic carbocycles. The lowest BCUT2D eigenvalue weighted by atomic mass is 10.1. The third kappa shape index (κ3) is 3.43. The van der Waals surface area contributed by atoms with Crippen molar-refractivity contribution in [2.45, 2.75) is 6.92 Å². The zero-order valence-corrected chi connectivity index (χ0v) is 15.5. The Labute approximate surface area is 161 Å². The molecule has 0 radical (unpaired) electrons. The average molecular weight is 380 g/mol. The van der Waals surface area contributed by atoms with Crippen molar-refractivity contribution in [1.29, 1.82) is 0 Å². The molecule has 6 nitrogen and oxygen atoms in total. The zero-order valence-electron chi connectivity index (χ0n) is 15.5. The van der Waals surface area contributed by atoms with E-state index in [0.29, 0.717) is 16.5 Å². The average Bonchev–Trinajstić information content (AvgIpc) is 3.00. The zero-order chi connectivity index (χ0) is 19.7. The van der Waals surface area contributed by atoms with Gasteiger partial charge in [-0.05, 0) is 48.9 Å². The Morgan fingerprint density at radius 2 is 1.93 bits per heavy atom. The number of aromatic nitrogens is 1. The molecule has 2 aromatic carbocycles. The van der Waals surface area contributed by atoms with Crippen LogP contribution in [0.25, 0.3) is 10.9 Å². The van der Waals surface area contributed by atoms with Crippen molar-refractivity contribution in [2.75, 3.05) is 31.1 Å². The summed E-state index contributed by atoms with van der Waals surface area (Å²) in [6.45, 7) is 5.10. The number of aromatic hydroxyl groups is 1. The van der Waals surface area contributed by atoms with E-state index in [4.69, 9.17) is 0 Å². The second-order valence-electron chi connectivity index (χ2n) is 6.93. The molecule has 3 aromatic rings. The lowest BCUT2D eigenvalue weighted by Gasteiger charge is -2.35. The number of carbonyl (C=O) groups is 1. The monoisotopic (exact) mass is 380 g/mol. The highest BCUT2D eigenvalue weighted by Crippen LogP contribution is 2.29. The second-order valence-corrected chi connectivity index (χ2v) is 6.93. The van der Waals surface area contributed by atoms with Crippen molar-refractivity contribution < 1.29 is 14.3 Å². The molecule has 0 unspecified atom stereocenters. The van der Waals surface area contributed by atoms with Crippen LogP contribution in [0.4, 0.5) is 15.8 Å². The van der Waals surface area contributed by atoms with Crippen molar-refractivity contribution in [2.24, 2.45) is 4.99 Å². The molecule has 2 N–H and O–H groups in total. The van der Waals surface area contributed by atoms with Gasteiger partial charge in [0.05, 0.1) is 16.8 Å². The number of hydrogen-bond donors (Lipinski definition) is 2. The minimum Gasteiger partial charge on any atom is -0.494 e. The quantitative estimate of drug-likeness (QED) is 0.539. The molecule has 28 heavy (non-hydrogen) atoms. The summed E-state index contributed by atoms with van der Waals surface area (Å²) in [5.41, 5.74) is 4.06. The summed E-state index contributed by atoms with van der Waals surface area (Å²) < 4.78 is 13.3. The number of anilines is 1. The molecule has 1 fully saturated rings. The van der Waals surface area contributed by atoms with E-state index < -0.39 is 0 Å². The van der Waals surface area contributed by atoms with Crippen molar-refractivity contribution >= 4 is 34.9 Å². The molecule has 1 aromatic heterocycles. The van der Waals surface area contributed by atoms with Crippen LogP contribution in [-0.2, 0) is 4.79 Å². The van der Waals surface area contributed by atoms with Crippen LogP contribution < -0.4 is 4.90 Å². The Morgan fingerprint density at radius 1 is 1.14 bits per heavy atom. The van der Waals surface area contributed by atoms with Crippen LogP contribution in [0.1, 0.15) is 11.1 Å². The summed E-state index contributed by atoms with van der Waals surface area (Å²) in [7, 11) is 0. The summed E-state index contributed by atoms with van der Waals surface area (Å²) in [6.07, 6.45) is 2.49. The number of piperazine rings is 1. The van der Waals surface area contributed by atoms with Gasteiger partial charge in [0.15, 0.2) is 5.88 Å². The standard InChI is InChI=1S/C21H21FN4O2/c1-14-10-16(3-5-20(14)26-8-6-25(13-27)7-9-26)23-12-18-17-4-2-15(22)11-19(17)24-21(18)28/h2-5,10-13,24,28H,6-9H2,1H3. The first kappa shape index (κ1) is 18.0. The predicted molar refractivity (Wildman–Crippen MR) is 108 cm³/mol. The predicted octanol–water partition coefficient (Wildman–Crippen LogP) is 3.35. The number of nitrogens with one attached hydrogen (secondary N) is 1. The van der Waals surface area contributed by atoms with Crippen LogP contribution in [0.15, 0.2) is 41.4 Å². The molecule has 7 heteroatoms. The third-order valence-corrected chi connectivity index (χ3v) is 5.11. The third-order valence-electron chi connectivity index (χ3n) is 5.11. The fourth-order valence-corrected chi connectivity index (χ4v) is 3.59. The number of halogens is 1. The van der Waals surface area contributed by atoms with Crippen molar-refractivity contribution in [3.63, 3.8) is 0 Å². The first-order valence-electron chi connectivity index (χ1n) is 9.14. The number of amides is 1. The maximum absolute atomic E-state index is 13.3. The Balaban J connectivity index is 1.55. The van der Waals surface area contributed by atoms with Gasteiger partial charge in [-0.2, -0.15) is 0 Å². The number of carbonyl (C=O) groups excluding carboxylic acids is 1. The lowest BCUT2D eigenvalue weighted by molar-refractivity contribution is -0.118. The van der Waals surface area contributed by atoms with Gasteiger partial charge in [0, 0.05) is 43.5 Å². The minimum atomic E-state index is -0.363. The van der Waals surface area contributed by atoms with E-state index in [1.165, 1.54) is 12.1 Å². The molecular formula is C21H21FN4O2. The number of H-pyrrole nitrogens is 1. The van der Waals surface area contributed by atoms with Gasteiger partial charge < -0.3 is 19.9 Å². The van der Waals surface area contributed by atoms with Crippen LogP contribution in [0.2, 0.25) is 0 Å². The first-order valence-corrected chi connectivity index (χ1v) is 9.14. The van der Waals surface area contributed by atoms with Gasteiger partial charge in [-0.15, -0.1) is 0 Å². The van der Waals surface area contributed by atoms with Gasteiger partial charge in [-0.3, -0.25) is 9.79 Å². The number of aromatic amines is 1. The van der Waals surface area contributed by atoms with Gasteiger partial charge in [-0.25, -0.2) is 4.39 Å². The number of aryl methyl sites for hydroxylation is 1. The highest BCUT2D eigenvalue weighted by molar-refractivity contribution is 6.02. The maximum atomic E-state index is 13.3. The number of rotatable bonds is 4. The van der Waals surface area contributed by atoms with E-state index in [-0.39, 0.29) is 11.7 Å². The molecule has 4 rings (SSSR count). The highest BCUT2D eigenvalue weighted by atomic mass is 19.1. The highest BCUT2D eigenvalue weighted by Gasteiger charge is 2.17. The van der Waals surface area contributed by atoms with E-state index in [9.17, 15) is 14.3 Å². The molecule has 0 spiro atoms. The molecule has 2 heterocycles. The molecular weight excluding hydrogens is 359 g/mol. The normalized spacial score (nSPS) is 14.9. The summed E-state index contributed by atoms with van der Waals surface area (Å²) in [4.78, 5) is 22.2. The van der Waals surface area contributed by atoms with Crippen molar-refractivity contribution in [1.82, 2.24) is 9.88 Å². The van der Waals surface area contributed by atoms with Crippen LogP contribution in [-0.4, -0.2) is 53.8 Å². The maximum Gasteiger partial charge on any atom is 0.209 e. The number of fused-ring (bicyclic) bond motifs is 1. The van der Waals surface area contributed by atoms with E-state index in [0.717, 1.165) is 49.5 Å². The number of benzene rings is 2. The Morgan fingerprint density at radius 3 is 2.64 bits per heavy atom. The molecule has 1 aliphatic heterocycles. The summed E-state index contributed by atoms with van der Waals surface area (Å²) in [6, 6.07) is 10.3. The molecule has 1 saturated heterocycles. The number of hydrogen-bond acceptors (Lipinski definition) is 4. The molecule has 0 atom stereocenters. The Kier molecular flexibility index (Phi) is 4.73. The first-order chi connectivity index (χ1) is 13.5. The largest absolute Gasteiger partial charge is 0.494 e. The molecule has 1 amide bonds. The van der Waals surface area contributed by atoms with Gasteiger partial charge in [0.25, 0.3) is 0 Å². The second kappa shape index (κ2) is 7.34. The van der Waals surface area contributed by atoms with Gasteiger partial charge in [-0.1, -0.05) is 0 Å². The topological polar surface area (TPSA) is 71.9 Å². The molecule has 144 valence electrons. The molecule has 0 bridgehead atoms. The Bertz CT molecular complexity index is 1050. The smallest absolute Gasteiger partial charge is 0.209 e. The minimum absolute atomic E-state index is 0.0364. The van der Waals surface area contributed by atoms with Crippen molar-refractivity contribution in [3.8, 4) is 5.88 Å². The summed E-state index contributed by atoms with van der Waals surface area (Å²) in [5, 5.41) is 10.8. The fraction of sp³-hybridized carbons (Fsp3) is 0.238. The van der Waals surface area contributed by atoms with E-state index in [1.54, 1.807) is 17.2 Å². The lowest BCUT2D eigenvalue weighted by Crippen LogP contribution is -2.45. The summed E-state index contributed by atoms with van der Waals surface area (Å²) >= 11 is 0. The van der Waals surface area contributed by atoms with E-state index in [2.05, 4.69) is 14.9 Å². The van der Waals surface area contributed by atoms with Gasteiger partial charge in [0.1, 0.15) is 5.82 Å². The fourth-order valence-electron chi connectivity index (χ4n) is 3.59. The Hall–Kier alpha value is -3.35. The van der Waals surface area contributed by atoms with Gasteiger partial charge >= 0.3 is 0 Å². The van der Waals surface area contributed by atoms with E-state index >= 15 is 0 Å². The van der Waals surface area contributed by atoms with Crippen molar-refractivity contribution in [3.05, 3.63) is 53.3 Å². The van der Waals surface area contributed by atoms with Crippen LogP contribution in [0.3, 0.4) is 0 Å². The van der Waals surface area contributed by atoms with Crippen LogP contribution >= 0.6 is 0 Å². The molecule has 0 saturated carbocycles. The number of nitrogens with zero attached hydrogens (tertiary/aromatic N) is 3. The summed E-state index contributed by atoms with van der Waals surface area (Å²) in [5.74, 6) is -0.400. The van der Waals surface area contributed by atoms with Crippen LogP contribution in [0.5, 0.6) is 5.88 Å². The van der Waals surface area contributed by atoms with E-state index in [1.807, 2.05) is 25.1 Å². The van der Waals surface area contributed by atoms with Crippen LogP contribution in [0, 0.1) is 12.7 Å². The number of aliphatic imine (C=N–C) groups is 1. The van der Waals surface area contributed by atoms with Gasteiger partial charge in [0.2, 0.25) is 6.41 Å². The molecule has 1 aliphatic rings.